The number of hydrazine groups is 1. The van der Waals surface area contributed by atoms with E-state index in [2.05, 4.69) is 35.1 Å². The minimum Gasteiger partial charge on any atom is -0.321 e. The van der Waals surface area contributed by atoms with Crippen LogP contribution in [0.2, 0.25) is 10.0 Å². The van der Waals surface area contributed by atoms with Gasteiger partial charge in [0, 0.05) is 12.1 Å². The van der Waals surface area contributed by atoms with Crippen molar-refractivity contribution in [1.82, 2.24) is 5.43 Å². The van der Waals surface area contributed by atoms with Gasteiger partial charge in [-0.1, -0.05) is 65.7 Å². The molecule has 0 bridgehead atoms. The van der Waals surface area contributed by atoms with Crippen LogP contribution in [-0.4, -0.2) is 6.54 Å². The van der Waals surface area contributed by atoms with Crippen LogP contribution < -0.4 is 10.9 Å². The van der Waals surface area contributed by atoms with E-state index in [0.717, 1.165) is 23.4 Å². The van der Waals surface area contributed by atoms with Crippen LogP contribution in [0.3, 0.4) is 0 Å². The smallest absolute Gasteiger partial charge is 0.0598 e. The minimum atomic E-state index is 0.567. The van der Waals surface area contributed by atoms with Crippen molar-refractivity contribution in [2.45, 2.75) is 0 Å². The molecule has 2 N–H and O–H groups in total. The van der Waals surface area contributed by atoms with Crippen molar-refractivity contribution in [3.63, 3.8) is 0 Å². The second kappa shape index (κ2) is 6.35. The van der Waals surface area contributed by atoms with Crippen LogP contribution in [0.1, 0.15) is 11.1 Å². The van der Waals surface area contributed by atoms with Gasteiger partial charge in [0.15, 0.2) is 0 Å². The van der Waals surface area contributed by atoms with E-state index in [-0.39, 0.29) is 0 Å². The Balaban J connectivity index is 1.92. The summed E-state index contributed by atoms with van der Waals surface area (Å²) in [6, 6.07) is 13.8. The summed E-state index contributed by atoms with van der Waals surface area (Å²) in [4.78, 5) is 0. The van der Waals surface area contributed by atoms with Crippen molar-refractivity contribution in [2.75, 3.05) is 12.0 Å². The lowest BCUT2D eigenvalue weighted by molar-refractivity contribution is 0.902. The zero-order valence-electron chi connectivity index (χ0n) is 11.2. The van der Waals surface area contributed by atoms with E-state index in [4.69, 9.17) is 23.2 Å². The van der Waals surface area contributed by atoms with Gasteiger partial charge in [0.05, 0.1) is 15.7 Å². The number of para-hydroxylation sites is 1. The molecule has 2 nitrogen and oxygen atoms in total. The first-order valence-corrected chi connectivity index (χ1v) is 7.41. The third kappa shape index (κ3) is 3.30. The molecule has 0 saturated heterocycles. The summed E-state index contributed by atoms with van der Waals surface area (Å²) in [5.41, 5.74) is 10.8. The maximum Gasteiger partial charge on any atom is 0.0598 e. The molecule has 0 spiro atoms. The molecule has 4 heteroatoms. The molecule has 1 heterocycles. The molecule has 1 aliphatic heterocycles. The van der Waals surface area contributed by atoms with Gasteiger partial charge in [-0.2, -0.15) is 0 Å². The van der Waals surface area contributed by atoms with E-state index in [1.54, 1.807) is 0 Å². The number of rotatable bonds is 2. The first-order chi connectivity index (χ1) is 10.2. The number of nitrogens with one attached hydrogen (secondary N) is 2. The summed E-state index contributed by atoms with van der Waals surface area (Å²) in [5.74, 6) is 0. The Morgan fingerprint density at radius 2 is 1.81 bits per heavy atom. The number of anilines is 1. The zero-order valence-corrected chi connectivity index (χ0v) is 12.7. The minimum absolute atomic E-state index is 0.567. The van der Waals surface area contributed by atoms with Crippen LogP contribution in [0.15, 0.2) is 54.6 Å². The average Bonchev–Trinajstić information content (AvgIpc) is 2.71. The van der Waals surface area contributed by atoms with Crippen molar-refractivity contribution < 1.29 is 0 Å². The molecule has 106 valence electrons. The fourth-order valence-electron chi connectivity index (χ4n) is 2.22. The van der Waals surface area contributed by atoms with E-state index < -0.39 is 0 Å². The van der Waals surface area contributed by atoms with Gasteiger partial charge < -0.3 is 5.43 Å². The SMILES string of the molecule is Clc1ccc(C=CC2=CCNNc3ccccc32)cc1Cl. The van der Waals surface area contributed by atoms with Crippen molar-refractivity contribution in [1.29, 1.82) is 0 Å². The molecule has 2 aromatic rings. The highest BCUT2D eigenvalue weighted by molar-refractivity contribution is 6.42. The number of hydrogen-bond donors (Lipinski definition) is 2. The Morgan fingerprint density at radius 1 is 0.952 bits per heavy atom. The molecule has 1 aliphatic rings. The van der Waals surface area contributed by atoms with Gasteiger partial charge >= 0.3 is 0 Å². The Bertz CT molecular complexity index is 720. The predicted octanol–water partition coefficient (Wildman–Crippen LogP) is 5.02. The lowest BCUT2D eigenvalue weighted by Crippen LogP contribution is -2.20. The zero-order chi connectivity index (χ0) is 14.7. The molecule has 3 rings (SSSR count). The number of fused-ring (bicyclic) bond motifs is 1. The van der Waals surface area contributed by atoms with Gasteiger partial charge in [0.1, 0.15) is 0 Å². The summed E-state index contributed by atoms with van der Waals surface area (Å²) in [5, 5.41) is 1.14. The van der Waals surface area contributed by atoms with Crippen molar-refractivity contribution in [2.24, 2.45) is 0 Å². The summed E-state index contributed by atoms with van der Waals surface area (Å²) in [6.07, 6.45) is 6.27. The van der Waals surface area contributed by atoms with Gasteiger partial charge in [-0.05, 0) is 29.3 Å². The van der Waals surface area contributed by atoms with Gasteiger partial charge in [-0.25, -0.2) is 5.43 Å². The largest absolute Gasteiger partial charge is 0.321 e. The number of allylic oxidation sites excluding steroid dienone is 2. The van der Waals surface area contributed by atoms with Crippen molar-refractivity contribution in [3.05, 3.63) is 75.8 Å². The molecule has 0 atom stereocenters. The van der Waals surface area contributed by atoms with Gasteiger partial charge in [-0.15, -0.1) is 0 Å². The van der Waals surface area contributed by atoms with E-state index >= 15 is 0 Å². The fourth-order valence-corrected chi connectivity index (χ4v) is 2.53. The Labute approximate surface area is 134 Å². The fraction of sp³-hybridized carbons (Fsp3) is 0.0588. The monoisotopic (exact) mass is 316 g/mol. The molecule has 0 aromatic heterocycles. The van der Waals surface area contributed by atoms with Crippen LogP contribution in [0.4, 0.5) is 5.69 Å². The summed E-state index contributed by atoms with van der Waals surface area (Å²) >= 11 is 12.0. The average molecular weight is 317 g/mol. The molecule has 0 fully saturated rings. The van der Waals surface area contributed by atoms with Crippen LogP contribution in [0.25, 0.3) is 11.6 Å². The van der Waals surface area contributed by atoms with Crippen LogP contribution in [-0.2, 0) is 0 Å². The highest BCUT2D eigenvalue weighted by Gasteiger charge is 2.07. The van der Waals surface area contributed by atoms with Gasteiger partial charge in [0.2, 0.25) is 0 Å². The van der Waals surface area contributed by atoms with E-state index in [1.165, 1.54) is 5.56 Å². The number of halogens is 2. The molecule has 21 heavy (non-hydrogen) atoms. The van der Waals surface area contributed by atoms with Crippen molar-refractivity contribution in [3.8, 4) is 0 Å². The molecular weight excluding hydrogens is 303 g/mol. The first kappa shape index (κ1) is 14.2. The van der Waals surface area contributed by atoms with Crippen LogP contribution >= 0.6 is 23.2 Å². The summed E-state index contributed by atoms with van der Waals surface area (Å²) in [7, 11) is 0. The molecule has 0 saturated carbocycles. The highest BCUT2D eigenvalue weighted by Crippen LogP contribution is 2.27. The number of benzene rings is 2. The number of hydrogen-bond acceptors (Lipinski definition) is 2. The molecule has 0 unspecified atom stereocenters. The standard InChI is InChI=1S/C17H14Cl2N2/c18-15-8-6-12(11-16(15)19)5-7-13-9-10-20-21-17-4-2-1-3-14(13)17/h1-9,11,20-21H,10H2. The summed E-state index contributed by atoms with van der Waals surface area (Å²) < 4.78 is 0. The summed E-state index contributed by atoms with van der Waals surface area (Å²) in [6.45, 7) is 0.760. The lowest BCUT2D eigenvalue weighted by atomic mass is 10.0. The Hall–Kier alpha value is -1.74. The molecular formula is C17H14Cl2N2. The Kier molecular flexibility index (Phi) is 4.30. The highest BCUT2D eigenvalue weighted by atomic mass is 35.5. The molecule has 0 radical (unpaired) electrons. The first-order valence-electron chi connectivity index (χ1n) is 6.65. The lowest BCUT2D eigenvalue weighted by Gasteiger charge is -2.08. The van der Waals surface area contributed by atoms with Crippen LogP contribution in [0.5, 0.6) is 0 Å². The van der Waals surface area contributed by atoms with Crippen molar-refractivity contribution >= 4 is 40.5 Å². The molecule has 0 aliphatic carbocycles. The Morgan fingerprint density at radius 3 is 2.67 bits per heavy atom. The second-order valence-corrected chi connectivity index (χ2v) is 5.53. The maximum absolute atomic E-state index is 6.04. The van der Waals surface area contributed by atoms with E-state index in [1.807, 2.05) is 36.4 Å². The third-order valence-corrected chi connectivity index (χ3v) is 4.02. The predicted molar refractivity (Wildman–Crippen MR) is 91.5 cm³/mol. The topological polar surface area (TPSA) is 24.1 Å². The molecule has 2 aromatic carbocycles. The van der Waals surface area contributed by atoms with Gasteiger partial charge in [0.25, 0.3) is 0 Å². The van der Waals surface area contributed by atoms with Gasteiger partial charge in [-0.3, -0.25) is 0 Å². The third-order valence-electron chi connectivity index (χ3n) is 3.28. The maximum atomic E-state index is 6.04. The second-order valence-electron chi connectivity index (χ2n) is 4.72. The normalized spacial score (nSPS) is 14.3. The quantitative estimate of drug-likeness (QED) is 0.812. The molecule has 0 amide bonds. The van der Waals surface area contributed by atoms with E-state index in [0.29, 0.717) is 10.0 Å². The van der Waals surface area contributed by atoms with E-state index in [9.17, 15) is 0 Å². The van der Waals surface area contributed by atoms with Crippen LogP contribution in [0, 0.1) is 0 Å².